The summed E-state index contributed by atoms with van der Waals surface area (Å²) in [7, 11) is 1.81. The number of nitrogens with zero attached hydrogens (tertiary/aromatic N) is 2. The van der Waals surface area contributed by atoms with Crippen LogP contribution in [0.15, 0.2) is 40.6 Å². The third kappa shape index (κ3) is 13.8. The van der Waals surface area contributed by atoms with Crippen LogP contribution < -0.4 is 21.7 Å². The molecule has 226 valence electrons. The molecule has 3 atom stereocenters. The first-order valence-electron chi connectivity index (χ1n) is 15.6. The van der Waals surface area contributed by atoms with Gasteiger partial charge in [-0.25, -0.2) is 0 Å². The van der Waals surface area contributed by atoms with Gasteiger partial charge in [-0.3, -0.25) is 14.6 Å². The lowest BCUT2D eigenvalue weighted by molar-refractivity contribution is -0.123. The van der Waals surface area contributed by atoms with Gasteiger partial charge in [0.15, 0.2) is 0 Å². The van der Waals surface area contributed by atoms with Crippen LogP contribution >= 0.6 is 0 Å². The maximum Gasteiger partial charge on any atom is 0.237 e. The number of hydrogen-bond acceptors (Lipinski definition) is 6. The summed E-state index contributed by atoms with van der Waals surface area (Å²) in [5.41, 5.74) is 9.30. The summed E-state index contributed by atoms with van der Waals surface area (Å²) in [6, 6.07) is 0.0147. The number of amides is 2. The van der Waals surface area contributed by atoms with Crippen LogP contribution in [0.4, 0.5) is 0 Å². The molecule has 5 N–H and O–H groups in total. The van der Waals surface area contributed by atoms with Crippen LogP contribution in [0.2, 0.25) is 0 Å². The molecule has 3 unspecified atom stereocenters. The highest BCUT2D eigenvalue weighted by molar-refractivity contribution is 6.00. The number of allylic oxidation sites excluding steroid dienone is 5. The monoisotopic (exact) mass is 556 g/mol. The molecule has 0 aromatic carbocycles. The Balaban J connectivity index is 0.000000217. The standard InChI is InChI=1S/C14H24N4O.C8H12.C5H9NO.C5H11N/c1-16-12-5-4-10(7-11(12)8-15)9-18-14(19)13-3-2-6-17-13;1-7-3-5-8(2)6-4-7;7-5-6-3-1-2-4-6;1-2-4-6-5-3-1/h8,10,13,17H,2-7,9,15H2,1H3,(H,18,19);3-5,8H,6H2,1-2H3;5H,1-4H2;6H,1-5H2/b11-8-,16-12?;;;. The maximum absolute atomic E-state index is 11.9. The molecule has 3 saturated heterocycles. The molecule has 5 rings (SSSR count). The Morgan fingerprint density at radius 2 is 1.88 bits per heavy atom. The summed E-state index contributed by atoms with van der Waals surface area (Å²) in [6.07, 6.45) is 22.1. The lowest BCUT2D eigenvalue weighted by Crippen LogP contribution is -2.42. The second kappa shape index (κ2) is 20.4. The van der Waals surface area contributed by atoms with E-state index in [9.17, 15) is 9.59 Å². The smallest absolute Gasteiger partial charge is 0.237 e. The van der Waals surface area contributed by atoms with Gasteiger partial charge in [0, 0.05) is 32.4 Å². The zero-order chi connectivity index (χ0) is 29.0. The predicted octanol–water partition coefficient (Wildman–Crippen LogP) is 4.10. The van der Waals surface area contributed by atoms with E-state index in [1.165, 1.54) is 57.2 Å². The van der Waals surface area contributed by atoms with E-state index >= 15 is 0 Å². The molecule has 8 heteroatoms. The van der Waals surface area contributed by atoms with Crippen LogP contribution in [0.25, 0.3) is 0 Å². The molecule has 3 aliphatic heterocycles. The molecule has 40 heavy (non-hydrogen) atoms. The summed E-state index contributed by atoms with van der Waals surface area (Å²) in [6.45, 7) is 10.5. The third-order valence-corrected chi connectivity index (χ3v) is 8.08. The van der Waals surface area contributed by atoms with Crippen LogP contribution in [0.5, 0.6) is 0 Å². The fourth-order valence-corrected chi connectivity index (χ4v) is 5.39. The molecule has 0 aromatic rings. The minimum atomic E-state index is 0.0147. The van der Waals surface area contributed by atoms with Crippen molar-refractivity contribution >= 4 is 18.0 Å². The van der Waals surface area contributed by atoms with Crippen LogP contribution in [-0.4, -0.2) is 75.3 Å². The van der Waals surface area contributed by atoms with Crippen LogP contribution in [0.1, 0.15) is 84.5 Å². The van der Waals surface area contributed by atoms with E-state index in [1.54, 1.807) is 11.1 Å². The maximum atomic E-state index is 11.9. The van der Waals surface area contributed by atoms with Crippen LogP contribution in [0.3, 0.4) is 0 Å². The van der Waals surface area contributed by atoms with E-state index in [-0.39, 0.29) is 11.9 Å². The molecule has 4 fully saturated rings. The topological polar surface area (TPSA) is 112 Å². The number of nitrogens with two attached hydrogens (primary N) is 1. The summed E-state index contributed by atoms with van der Waals surface area (Å²) in [5.74, 6) is 1.38. The average Bonchev–Trinajstić information content (AvgIpc) is 3.74. The van der Waals surface area contributed by atoms with Gasteiger partial charge in [-0.05, 0) is 114 Å². The van der Waals surface area contributed by atoms with Gasteiger partial charge in [0.05, 0.1) is 6.04 Å². The number of carbonyl (C=O) groups excluding carboxylic acids is 2. The zero-order valence-corrected chi connectivity index (χ0v) is 25.4. The number of piperidine rings is 1. The predicted molar refractivity (Wildman–Crippen MR) is 167 cm³/mol. The van der Waals surface area contributed by atoms with Crippen molar-refractivity contribution in [3.8, 4) is 0 Å². The van der Waals surface area contributed by atoms with E-state index in [0.717, 1.165) is 81.9 Å². The van der Waals surface area contributed by atoms with E-state index in [0.29, 0.717) is 5.92 Å². The molecule has 2 amide bonds. The number of likely N-dealkylation sites (tertiary alicyclic amines) is 1. The molecule has 0 aromatic heterocycles. The van der Waals surface area contributed by atoms with Gasteiger partial charge in [-0.15, -0.1) is 0 Å². The minimum Gasteiger partial charge on any atom is -0.404 e. The van der Waals surface area contributed by atoms with Crippen molar-refractivity contribution in [3.05, 3.63) is 35.6 Å². The molecule has 0 spiro atoms. The highest BCUT2D eigenvalue weighted by Gasteiger charge is 2.25. The summed E-state index contributed by atoms with van der Waals surface area (Å²) >= 11 is 0. The number of hydrogen-bond donors (Lipinski definition) is 4. The van der Waals surface area contributed by atoms with E-state index < -0.39 is 0 Å². The Labute approximate surface area is 243 Å². The quantitative estimate of drug-likeness (QED) is 0.390. The van der Waals surface area contributed by atoms with Gasteiger partial charge in [-0.1, -0.05) is 37.1 Å². The van der Waals surface area contributed by atoms with Crippen molar-refractivity contribution in [3.63, 3.8) is 0 Å². The van der Waals surface area contributed by atoms with E-state index in [2.05, 4.69) is 53.0 Å². The molecule has 2 aliphatic carbocycles. The van der Waals surface area contributed by atoms with Crippen molar-refractivity contribution in [2.75, 3.05) is 46.3 Å². The van der Waals surface area contributed by atoms with Gasteiger partial charge in [0.1, 0.15) is 0 Å². The van der Waals surface area contributed by atoms with Gasteiger partial charge in [-0.2, -0.15) is 0 Å². The molecule has 3 heterocycles. The largest absolute Gasteiger partial charge is 0.404 e. The normalized spacial score (nSPS) is 27.8. The summed E-state index contributed by atoms with van der Waals surface area (Å²) in [4.78, 5) is 27.9. The van der Waals surface area contributed by atoms with Gasteiger partial charge >= 0.3 is 0 Å². The first-order chi connectivity index (χ1) is 19.5. The Morgan fingerprint density at radius 1 is 1.12 bits per heavy atom. The lowest BCUT2D eigenvalue weighted by Gasteiger charge is -2.26. The molecular formula is C32H56N6O2. The van der Waals surface area contributed by atoms with Crippen molar-refractivity contribution in [2.24, 2.45) is 22.6 Å². The molecule has 8 nitrogen and oxygen atoms in total. The second-order valence-corrected chi connectivity index (χ2v) is 11.5. The number of nitrogens with one attached hydrogen (secondary N) is 3. The molecular weight excluding hydrogens is 500 g/mol. The van der Waals surface area contributed by atoms with E-state index in [4.69, 9.17) is 5.73 Å². The van der Waals surface area contributed by atoms with E-state index in [1.807, 2.05) is 7.05 Å². The van der Waals surface area contributed by atoms with Gasteiger partial charge in [0.25, 0.3) is 0 Å². The number of rotatable bonds is 4. The first kappa shape index (κ1) is 33.8. The summed E-state index contributed by atoms with van der Waals surface area (Å²) < 4.78 is 0. The van der Waals surface area contributed by atoms with Crippen LogP contribution in [-0.2, 0) is 9.59 Å². The van der Waals surface area contributed by atoms with Crippen LogP contribution in [0, 0.1) is 11.8 Å². The SMILES string of the molecule is C1CCNCC1.CC1=CCC(C)C=C1.CN=C1CCC(CNC(=O)C2CCCN2)C/C1=C/N.O=CN1CCCC1. The fourth-order valence-electron chi connectivity index (χ4n) is 5.39. The van der Waals surface area contributed by atoms with Crippen molar-refractivity contribution in [2.45, 2.75) is 90.5 Å². The zero-order valence-electron chi connectivity index (χ0n) is 25.4. The number of carbonyl (C=O) groups is 2. The highest BCUT2D eigenvalue weighted by atomic mass is 16.2. The molecule has 1 saturated carbocycles. The average molecular weight is 557 g/mol. The van der Waals surface area contributed by atoms with Crippen molar-refractivity contribution < 1.29 is 9.59 Å². The van der Waals surface area contributed by atoms with Gasteiger partial charge < -0.3 is 26.6 Å². The lowest BCUT2D eigenvalue weighted by atomic mass is 9.84. The Kier molecular flexibility index (Phi) is 17.2. The Bertz CT molecular complexity index is 838. The first-order valence-corrected chi connectivity index (χ1v) is 15.6. The molecule has 5 aliphatic rings. The van der Waals surface area contributed by atoms with Crippen molar-refractivity contribution in [1.82, 2.24) is 20.9 Å². The molecule has 0 radical (unpaired) electrons. The highest BCUT2D eigenvalue weighted by Crippen LogP contribution is 2.26. The van der Waals surface area contributed by atoms with Crippen molar-refractivity contribution in [1.29, 1.82) is 0 Å². The summed E-state index contributed by atoms with van der Waals surface area (Å²) in [5, 5.41) is 9.56. The molecule has 0 bridgehead atoms. The second-order valence-electron chi connectivity index (χ2n) is 11.5. The fraction of sp³-hybridized carbons (Fsp3) is 0.719. The third-order valence-electron chi connectivity index (χ3n) is 8.08. The Morgan fingerprint density at radius 3 is 2.33 bits per heavy atom. The number of aliphatic imine (C=N–C) groups is 1. The minimum absolute atomic E-state index is 0.0147. The Hall–Kier alpha value is -2.45. The van der Waals surface area contributed by atoms with Gasteiger partial charge in [0.2, 0.25) is 12.3 Å².